The molecule has 0 aromatic heterocycles. The zero-order valence-electron chi connectivity index (χ0n) is 14.6. The molecule has 0 saturated heterocycles. The second-order valence-electron chi connectivity index (χ2n) is 5.90. The van der Waals surface area contributed by atoms with Gasteiger partial charge in [0.05, 0.1) is 10.9 Å². The molecule has 2 aromatic carbocycles. The van der Waals surface area contributed by atoms with Gasteiger partial charge in [-0.15, -0.1) is 0 Å². The number of carbonyl (C=O) groups is 1. The molecule has 0 aliphatic rings. The van der Waals surface area contributed by atoms with Gasteiger partial charge >= 0.3 is 0 Å². The predicted octanol–water partition coefficient (Wildman–Crippen LogP) is 3.12. The van der Waals surface area contributed by atoms with E-state index in [-0.39, 0.29) is 16.8 Å². The Morgan fingerprint density at radius 2 is 1.68 bits per heavy atom. The number of hydrogen-bond acceptors (Lipinski definition) is 4. The number of sulfone groups is 1. The first kappa shape index (κ1) is 19.0. The minimum atomic E-state index is -3.23. The standard InChI is InChI=1S/C19H23NO4S/c1-4-18(24-16-8-6-5-7-9-16)19(21)20-14(2)15-10-12-17(13-11-15)25(3,22)23/h5-14,18H,4H2,1-3H3,(H,20,21)/t14-,18+/m0/s1. The van der Waals surface area contributed by atoms with Crippen molar-refractivity contribution in [3.8, 4) is 5.75 Å². The summed E-state index contributed by atoms with van der Waals surface area (Å²) in [4.78, 5) is 12.7. The van der Waals surface area contributed by atoms with Crippen molar-refractivity contribution >= 4 is 15.7 Å². The van der Waals surface area contributed by atoms with Crippen LogP contribution in [0.2, 0.25) is 0 Å². The van der Waals surface area contributed by atoms with Gasteiger partial charge in [0.25, 0.3) is 5.91 Å². The van der Waals surface area contributed by atoms with E-state index in [9.17, 15) is 13.2 Å². The van der Waals surface area contributed by atoms with Gasteiger partial charge in [-0.2, -0.15) is 0 Å². The largest absolute Gasteiger partial charge is 0.481 e. The Bertz CT molecular complexity index is 801. The lowest BCUT2D eigenvalue weighted by molar-refractivity contribution is -0.128. The maximum absolute atomic E-state index is 12.5. The number of hydrogen-bond donors (Lipinski definition) is 1. The molecule has 0 saturated carbocycles. The van der Waals surface area contributed by atoms with Crippen molar-refractivity contribution in [1.82, 2.24) is 5.32 Å². The molecular formula is C19H23NO4S. The molecule has 0 fully saturated rings. The topological polar surface area (TPSA) is 72.5 Å². The smallest absolute Gasteiger partial charge is 0.261 e. The fraction of sp³-hybridized carbons (Fsp3) is 0.316. The fourth-order valence-electron chi connectivity index (χ4n) is 2.38. The van der Waals surface area contributed by atoms with Gasteiger partial charge in [0.2, 0.25) is 0 Å². The molecule has 25 heavy (non-hydrogen) atoms. The van der Waals surface area contributed by atoms with Gasteiger partial charge in [0.1, 0.15) is 5.75 Å². The summed E-state index contributed by atoms with van der Waals surface area (Å²) >= 11 is 0. The lowest BCUT2D eigenvalue weighted by atomic mass is 10.1. The molecule has 2 aromatic rings. The SMILES string of the molecule is CC[C@@H](Oc1ccccc1)C(=O)N[C@@H](C)c1ccc(S(C)(=O)=O)cc1. The van der Waals surface area contributed by atoms with Crippen LogP contribution in [0.15, 0.2) is 59.5 Å². The lowest BCUT2D eigenvalue weighted by Gasteiger charge is -2.21. The fourth-order valence-corrected chi connectivity index (χ4v) is 3.01. The van der Waals surface area contributed by atoms with E-state index in [2.05, 4.69) is 5.32 Å². The Labute approximate surface area is 148 Å². The highest BCUT2D eigenvalue weighted by atomic mass is 32.2. The Balaban J connectivity index is 2.02. The molecule has 6 heteroatoms. The van der Waals surface area contributed by atoms with Gasteiger partial charge in [0.15, 0.2) is 15.9 Å². The number of benzene rings is 2. The van der Waals surface area contributed by atoms with Crippen LogP contribution in [0.3, 0.4) is 0 Å². The Morgan fingerprint density at radius 1 is 1.08 bits per heavy atom. The van der Waals surface area contributed by atoms with Crippen LogP contribution in [0.25, 0.3) is 0 Å². The maximum Gasteiger partial charge on any atom is 0.261 e. The average Bonchev–Trinajstić information content (AvgIpc) is 2.59. The first-order valence-electron chi connectivity index (χ1n) is 8.13. The molecule has 2 atom stereocenters. The third-order valence-electron chi connectivity index (χ3n) is 3.85. The molecule has 0 heterocycles. The zero-order valence-corrected chi connectivity index (χ0v) is 15.4. The van der Waals surface area contributed by atoms with E-state index in [0.29, 0.717) is 12.2 Å². The van der Waals surface area contributed by atoms with Crippen molar-refractivity contribution in [2.75, 3.05) is 6.26 Å². The van der Waals surface area contributed by atoms with Crippen LogP contribution in [0.1, 0.15) is 31.9 Å². The van der Waals surface area contributed by atoms with E-state index in [1.807, 2.05) is 44.2 Å². The molecule has 0 unspecified atom stereocenters. The number of rotatable bonds is 7. The zero-order chi connectivity index (χ0) is 18.4. The summed E-state index contributed by atoms with van der Waals surface area (Å²) in [5.41, 5.74) is 0.829. The molecule has 0 aliphatic carbocycles. The molecule has 1 N–H and O–H groups in total. The number of carbonyl (C=O) groups excluding carboxylic acids is 1. The molecule has 0 spiro atoms. The second-order valence-corrected chi connectivity index (χ2v) is 7.92. The van der Waals surface area contributed by atoms with Crippen molar-refractivity contribution in [1.29, 1.82) is 0 Å². The number of nitrogens with one attached hydrogen (secondary N) is 1. The molecule has 1 amide bonds. The third-order valence-corrected chi connectivity index (χ3v) is 4.98. The van der Waals surface area contributed by atoms with Crippen molar-refractivity contribution < 1.29 is 17.9 Å². The third kappa shape index (κ3) is 5.32. The highest BCUT2D eigenvalue weighted by Crippen LogP contribution is 2.18. The summed E-state index contributed by atoms with van der Waals surface area (Å²) in [6, 6.07) is 15.5. The summed E-state index contributed by atoms with van der Waals surface area (Å²) < 4.78 is 28.7. The van der Waals surface area contributed by atoms with E-state index in [0.717, 1.165) is 5.56 Å². The van der Waals surface area contributed by atoms with Crippen molar-refractivity contribution in [2.45, 2.75) is 37.3 Å². The van der Waals surface area contributed by atoms with E-state index < -0.39 is 15.9 Å². The van der Waals surface area contributed by atoms with E-state index in [1.54, 1.807) is 24.3 Å². The number of para-hydroxylation sites is 1. The van der Waals surface area contributed by atoms with Crippen molar-refractivity contribution in [3.05, 3.63) is 60.2 Å². The van der Waals surface area contributed by atoms with Crippen LogP contribution in [-0.2, 0) is 14.6 Å². The Morgan fingerprint density at radius 3 is 2.20 bits per heavy atom. The van der Waals surface area contributed by atoms with Crippen LogP contribution in [0.5, 0.6) is 5.75 Å². The van der Waals surface area contributed by atoms with Crippen LogP contribution >= 0.6 is 0 Å². The van der Waals surface area contributed by atoms with Gasteiger partial charge in [-0.25, -0.2) is 8.42 Å². The van der Waals surface area contributed by atoms with E-state index in [4.69, 9.17) is 4.74 Å². The van der Waals surface area contributed by atoms with Gasteiger partial charge in [-0.05, 0) is 43.2 Å². The summed E-state index contributed by atoms with van der Waals surface area (Å²) in [5.74, 6) is 0.445. The van der Waals surface area contributed by atoms with Gasteiger partial charge < -0.3 is 10.1 Å². The summed E-state index contributed by atoms with van der Waals surface area (Å²) in [7, 11) is -3.23. The van der Waals surface area contributed by atoms with Crippen molar-refractivity contribution in [2.24, 2.45) is 0 Å². The average molecular weight is 361 g/mol. The van der Waals surface area contributed by atoms with Crippen LogP contribution in [0.4, 0.5) is 0 Å². The molecular weight excluding hydrogens is 338 g/mol. The molecule has 0 bridgehead atoms. The first-order chi connectivity index (χ1) is 11.8. The van der Waals surface area contributed by atoms with Crippen LogP contribution in [0, 0.1) is 0 Å². The van der Waals surface area contributed by atoms with E-state index >= 15 is 0 Å². The molecule has 2 rings (SSSR count). The summed E-state index contributed by atoms with van der Waals surface area (Å²) in [6.07, 6.45) is 1.13. The quantitative estimate of drug-likeness (QED) is 0.822. The van der Waals surface area contributed by atoms with Gasteiger partial charge in [-0.3, -0.25) is 4.79 Å². The minimum absolute atomic E-state index is 0.203. The molecule has 0 aliphatic heterocycles. The summed E-state index contributed by atoms with van der Waals surface area (Å²) in [6.45, 7) is 3.74. The minimum Gasteiger partial charge on any atom is -0.481 e. The molecule has 5 nitrogen and oxygen atoms in total. The highest BCUT2D eigenvalue weighted by molar-refractivity contribution is 7.90. The number of amides is 1. The number of ether oxygens (including phenoxy) is 1. The summed E-state index contributed by atoms with van der Waals surface area (Å²) in [5, 5.41) is 2.91. The van der Waals surface area contributed by atoms with E-state index in [1.165, 1.54) is 6.26 Å². The second kappa shape index (κ2) is 8.16. The Kier molecular flexibility index (Phi) is 6.20. The van der Waals surface area contributed by atoms with Gasteiger partial charge in [0, 0.05) is 6.26 Å². The highest BCUT2D eigenvalue weighted by Gasteiger charge is 2.20. The Hall–Kier alpha value is -2.34. The van der Waals surface area contributed by atoms with Gasteiger partial charge in [-0.1, -0.05) is 37.3 Å². The predicted molar refractivity (Wildman–Crippen MR) is 97.3 cm³/mol. The lowest BCUT2D eigenvalue weighted by Crippen LogP contribution is -2.39. The van der Waals surface area contributed by atoms with Crippen LogP contribution < -0.4 is 10.1 Å². The maximum atomic E-state index is 12.5. The molecule has 134 valence electrons. The molecule has 0 radical (unpaired) electrons. The van der Waals surface area contributed by atoms with Crippen LogP contribution in [-0.4, -0.2) is 26.7 Å². The normalized spacial score (nSPS) is 13.7. The van der Waals surface area contributed by atoms with Crippen molar-refractivity contribution in [3.63, 3.8) is 0 Å². The monoisotopic (exact) mass is 361 g/mol. The first-order valence-corrected chi connectivity index (χ1v) is 10.0.